The minimum Gasteiger partial charge on any atom is -0.493 e. The summed E-state index contributed by atoms with van der Waals surface area (Å²) in [6.07, 6.45) is 1.18. The zero-order valence-electron chi connectivity index (χ0n) is 19.2. The van der Waals surface area contributed by atoms with E-state index in [1.165, 1.54) is 7.11 Å². The minimum atomic E-state index is -0.328. The number of hydrogen-bond donors (Lipinski definition) is 0. The van der Waals surface area contributed by atoms with Crippen LogP contribution in [0.2, 0.25) is 0 Å². The number of ether oxygens (including phenoxy) is 5. The molecule has 0 aromatic heterocycles. The molecule has 1 saturated heterocycles. The van der Waals surface area contributed by atoms with Gasteiger partial charge in [-0.05, 0) is 48.2 Å². The van der Waals surface area contributed by atoms with Crippen molar-refractivity contribution in [2.75, 3.05) is 27.9 Å². The number of carbonyl (C=O) groups is 2. The fourth-order valence-electron chi connectivity index (χ4n) is 3.77. The third kappa shape index (κ3) is 5.33. The summed E-state index contributed by atoms with van der Waals surface area (Å²) >= 11 is 0. The molecule has 2 aromatic rings. The minimum absolute atomic E-state index is 0.0324. The van der Waals surface area contributed by atoms with E-state index in [0.717, 1.165) is 11.1 Å². The second-order valence-electron chi connectivity index (χ2n) is 8.16. The molecule has 7 heteroatoms. The molecule has 0 unspecified atom stereocenters. The first-order chi connectivity index (χ1) is 15.4. The van der Waals surface area contributed by atoms with E-state index in [1.54, 1.807) is 34.1 Å². The standard InChI is InChI=1S/C25H30O7/c1-15(2)24(26)32-21-9-7-17(13-23(21)30-5)11-19-18(14-31-25(19)27)10-16-6-8-20(28-3)22(12-16)29-4/h6-9,12-13,15,18-19H,10-11,14H2,1-5H3/t18-,19+/m0/s1. The van der Waals surface area contributed by atoms with Gasteiger partial charge in [0.15, 0.2) is 23.0 Å². The average Bonchev–Trinajstić information content (AvgIpc) is 3.13. The van der Waals surface area contributed by atoms with Gasteiger partial charge >= 0.3 is 11.9 Å². The van der Waals surface area contributed by atoms with Gasteiger partial charge in [-0.25, -0.2) is 0 Å². The summed E-state index contributed by atoms with van der Waals surface area (Å²) in [7, 11) is 4.72. The van der Waals surface area contributed by atoms with Gasteiger partial charge in [-0.2, -0.15) is 0 Å². The van der Waals surface area contributed by atoms with E-state index in [0.29, 0.717) is 42.4 Å². The average molecular weight is 443 g/mol. The summed E-state index contributed by atoms with van der Waals surface area (Å²) in [6, 6.07) is 11.1. The van der Waals surface area contributed by atoms with Gasteiger partial charge in [-0.1, -0.05) is 26.0 Å². The largest absolute Gasteiger partial charge is 0.493 e. The third-order valence-electron chi connectivity index (χ3n) is 5.62. The predicted molar refractivity (Wildman–Crippen MR) is 118 cm³/mol. The van der Waals surface area contributed by atoms with Crippen LogP contribution in [0.15, 0.2) is 36.4 Å². The summed E-state index contributed by atoms with van der Waals surface area (Å²) in [4.78, 5) is 24.4. The van der Waals surface area contributed by atoms with Crippen molar-refractivity contribution >= 4 is 11.9 Å². The summed E-state index contributed by atoms with van der Waals surface area (Å²) in [5.41, 5.74) is 1.96. The second-order valence-corrected chi connectivity index (χ2v) is 8.16. The molecular formula is C25H30O7. The van der Waals surface area contributed by atoms with Crippen molar-refractivity contribution in [2.24, 2.45) is 17.8 Å². The predicted octanol–water partition coefficient (Wildman–Crippen LogP) is 3.85. The molecule has 0 N–H and O–H groups in total. The maximum absolute atomic E-state index is 12.5. The Labute approximate surface area is 188 Å². The zero-order valence-corrected chi connectivity index (χ0v) is 19.2. The van der Waals surface area contributed by atoms with E-state index in [9.17, 15) is 9.59 Å². The number of esters is 2. The number of rotatable bonds is 9. The van der Waals surface area contributed by atoms with Gasteiger partial charge in [-0.3, -0.25) is 9.59 Å². The van der Waals surface area contributed by atoms with Crippen molar-refractivity contribution in [1.82, 2.24) is 0 Å². The van der Waals surface area contributed by atoms with Crippen molar-refractivity contribution in [3.8, 4) is 23.0 Å². The van der Waals surface area contributed by atoms with Gasteiger partial charge in [0.25, 0.3) is 0 Å². The number of cyclic esters (lactones) is 1. The molecule has 1 heterocycles. The van der Waals surface area contributed by atoms with Gasteiger partial charge in [0.1, 0.15) is 0 Å². The van der Waals surface area contributed by atoms with Gasteiger partial charge in [0, 0.05) is 5.92 Å². The van der Waals surface area contributed by atoms with Crippen molar-refractivity contribution in [1.29, 1.82) is 0 Å². The molecule has 172 valence electrons. The monoisotopic (exact) mass is 442 g/mol. The molecule has 2 aromatic carbocycles. The Morgan fingerprint density at radius 3 is 2.06 bits per heavy atom. The van der Waals surface area contributed by atoms with Crippen LogP contribution in [-0.2, 0) is 27.2 Å². The number of hydrogen-bond acceptors (Lipinski definition) is 7. The van der Waals surface area contributed by atoms with Crippen LogP contribution in [0.1, 0.15) is 25.0 Å². The Balaban J connectivity index is 1.75. The van der Waals surface area contributed by atoms with Gasteiger partial charge in [-0.15, -0.1) is 0 Å². The van der Waals surface area contributed by atoms with Gasteiger partial charge in [0.05, 0.1) is 39.8 Å². The van der Waals surface area contributed by atoms with Crippen LogP contribution in [0.25, 0.3) is 0 Å². The molecule has 0 spiro atoms. The molecule has 0 radical (unpaired) electrons. The lowest BCUT2D eigenvalue weighted by atomic mass is 9.85. The number of carbonyl (C=O) groups excluding carboxylic acids is 2. The first kappa shape index (κ1) is 23.4. The molecule has 3 rings (SSSR count). The Kier molecular flexibility index (Phi) is 7.62. The summed E-state index contributed by atoms with van der Waals surface area (Å²) in [6.45, 7) is 3.92. The van der Waals surface area contributed by atoms with E-state index < -0.39 is 0 Å². The molecule has 0 aliphatic carbocycles. The lowest BCUT2D eigenvalue weighted by molar-refractivity contribution is -0.141. The molecule has 0 bridgehead atoms. The summed E-state index contributed by atoms with van der Waals surface area (Å²) < 4.78 is 26.9. The van der Waals surface area contributed by atoms with E-state index in [2.05, 4.69) is 0 Å². The maximum Gasteiger partial charge on any atom is 0.313 e. The number of methoxy groups -OCH3 is 3. The molecule has 1 aliphatic rings. The van der Waals surface area contributed by atoms with Crippen LogP contribution in [0, 0.1) is 17.8 Å². The Morgan fingerprint density at radius 1 is 0.906 bits per heavy atom. The topological polar surface area (TPSA) is 80.3 Å². The lowest BCUT2D eigenvalue weighted by Gasteiger charge is -2.17. The first-order valence-electron chi connectivity index (χ1n) is 10.6. The smallest absolute Gasteiger partial charge is 0.313 e. The SMILES string of the molecule is COc1ccc(C[C@H]2COC(=O)[C@@H]2Cc2ccc(OC(=O)C(C)C)c(OC)c2)cc1OC. The molecule has 7 nitrogen and oxygen atoms in total. The normalized spacial score (nSPS) is 17.8. The Bertz CT molecular complexity index is 967. The molecule has 1 aliphatic heterocycles. The molecular weight excluding hydrogens is 412 g/mol. The molecule has 32 heavy (non-hydrogen) atoms. The number of benzene rings is 2. The van der Waals surface area contributed by atoms with E-state index in [1.807, 2.05) is 30.3 Å². The zero-order chi connectivity index (χ0) is 23.3. The first-order valence-corrected chi connectivity index (χ1v) is 10.6. The second kappa shape index (κ2) is 10.4. The highest BCUT2D eigenvalue weighted by molar-refractivity contribution is 5.76. The highest BCUT2D eigenvalue weighted by Gasteiger charge is 2.37. The summed E-state index contributed by atoms with van der Waals surface area (Å²) in [5, 5.41) is 0. The summed E-state index contributed by atoms with van der Waals surface area (Å²) in [5.74, 6) is 1.12. The van der Waals surface area contributed by atoms with Crippen LogP contribution in [0.5, 0.6) is 23.0 Å². The molecule has 2 atom stereocenters. The van der Waals surface area contributed by atoms with E-state index in [-0.39, 0.29) is 29.7 Å². The fourth-order valence-corrected chi connectivity index (χ4v) is 3.77. The van der Waals surface area contributed by atoms with E-state index in [4.69, 9.17) is 23.7 Å². The third-order valence-corrected chi connectivity index (χ3v) is 5.62. The van der Waals surface area contributed by atoms with E-state index >= 15 is 0 Å². The Hall–Kier alpha value is -3.22. The van der Waals surface area contributed by atoms with Gasteiger partial charge < -0.3 is 23.7 Å². The van der Waals surface area contributed by atoms with Crippen LogP contribution in [0.3, 0.4) is 0 Å². The molecule has 0 saturated carbocycles. The lowest BCUT2D eigenvalue weighted by Crippen LogP contribution is -2.21. The van der Waals surface area contributed by atoms with Crippen LogP contribution >= 0.6 is 0 Å². The highest BCUT2D eigenvalue weighted by atomic mass is 16.6. The quantitative estimate of drug-likeness (QED) is 0.431. The maximum atomic E-state index is 12.5. The highest BCUT2D eigenvalue weighted by Crippen LogP contribution is 2.35. The van der Waals surface area contributed by atoms with Crippen molar-refractivity contribution in [3.05, 3.63) is 47.5 Å². The van der Waals surface area contributed by atoms with Crippen LogP contribution in [0.4, 0.5) is 0 Å². The van der Waals surface area contributed by atoms with Gasteiger partial charge in [0.2, 0.25) is 0 Å². The van der Waals surface area contributed by atoms with Crippen molar-refractivity contribution in [2.45, 2.75) is 26.7 Å². The fraction of sp³-hybridized carbons (Fsp3) is 0.440. The van der Waals surface area contributed by atoms with Crippen LogP contribution in [-0.4, -0.2) is 39.9 Å². The van der Waals surface area contributed by atoms with Crippen molar-refractivity contribution < 1.29 is 33.3 Å². The molecule has 0 amide bonds. The Morgan fingerprint density at radius 2 is 1.47 bits per heavy atom. The van der Waals surface area contributed by atoms with Crippen LogP contribution < -0.4 is 18.9 Å². The molecule has 1 fully saturated rings. The van der Waals surface area contributed by atoms with Crippen molar-refractivity contribution in [3.63, 3.8) is 0 Å².